The van der Waals surface area contributed by atoms with Crippen LogP contribution in [0.25, 0.3) is 22.8 Å². The molecule has 14 heteroatoms. The van der Waals surface area contributed by atoms with Crippen LogP contribution in [0, 0.1) is 0 Å². The summed E-state index contributed by atoms with van der Waals surface area (Å²) in [6.07, 6.45) is 3.50. The van der Waals surface area contributed by atoms with Crippen LogP contribution < -0.4 is 0 Å². The van der Waals surface area contributed by atoms with Gasteiger partial charge in [0.2, 0.25) is 11.6 Å². The monoisotopic (exact) mass is 418 g/mol. The Morgan fingerprint density at radius 2 is 1.18 bits per heavy atom. The van der Waals surface area contributed by atoms with Gasteiger partial charge in [0.05, 0.1) is 36.6 Å². The fraction of sp³-hybridized carbons (Fsp3) is 0.429. The van der Waals surface area contributed by atoms with E-state index in [9.17, 15) is 0 Å². The van der Waals surface area contributed by atoms with Crippen molar-refractivity contribution >= 4 is 21.6 Å². The van der Waals surface area contributed by atoms with E-state index in [1.807, 2.05) is 27.9 Å². The number of hydrogen-bond acceptors (Lipinski definition) is 10. The van der Waals surface area contributed by atoms with Crippen molar-refractivity contribution in [3.05, 3.63) is 12.4 Å². The second-order valence-corrected chi connectivity index (χ2v) is 7.85. The molecule has 0 aliphatic rings. The van der Waals surface area contributed by atoms with Crippen molar-refractivity contribution in [3.63, 3.8) is 0 Å². The Hall–Kier alpha value is -2.74. The number of aryl methyl sites for hydroxylation is 4. The van der Waals surface area contributed by atoms with Crippen molar-refractivity contribution < 1.29 is 0 Å². The minimum atomic E-state index is 0.552. The van der Waals surface area contributed by atoms with Crippen molar-refractivity contribution in [1.29, 1.82) is 0 Å². The molecule has 28 heavy (non-hydrogen) atoms. The van der Waals surface area contributed by atoms with Gasteiger partial charge in [-0.05, 0) is 45.9 Å². The lowest BCUT2D eigenvalue weighted by Gasteiger charge is -2.05. The molecule has 146 valence electrons. The Morgan fingerprint density at radius 3 is 1.54 bits per heavy atom. The normalized spacial score (nSPS) is 11.4. The standard InChI is InChI=1S/C14H18N12S2/c1-5-25-19-11(17-21-25)9-7-15-23(3)13(9)27-28-14-10(8-16-24(14)4)12-18-22-26(6-2)20-12/h7-8H,5-6H2,1-4H3. The van der Waals surface area contributed by atoms with Crippen LogP contribution in [0.15, 0.2) is 22.4 Å². The van der Waals surface area contributed by atoms with Gasteiger partial charge in [0.1, 0.15) is 10.1 Å². The molecule has 0 spiro atoms. The number of aromatic nitrogens is 12. The first kappa shape index (κ1) is 18.6. The van der Waals surface area contributed by atoms with Crippen molar-refractivity contribution in [2.45, 2.75) is 37.0 Å². The van der Waals surface area contributed by atoms with E-state index in [0.29, 0.717) is 24.7 Å². The van der Waals surface area contributed by atoms with E-state index >= 15 is 0 Å². The maximum atomic E-state index is 4.38. The molecule has 0 N–H and O–H groups in total. The predicted molar refractivity (Wildman–Crippen MR) is 103 cm³/mol. The SMILES string of the molecule is CCn1nnc(-c2cnn(C)c2SSc2c(-c3nnn(CC)n3)cnn2C)n1. The van der Waals surface area contributed by atoms with Crippen molar-refractivity contribution in [1.82, 2.24) is 60.0 Å². The predicted octanol–water partition coefficient (Wildman–Crippen LogP) is 1.30. The van der Waals surface area contributed by atoms with Gasteiger partial charge in [-0.3, -0.25) is 9.36 Å². The fourth-order valence-electron chi connectivity index (χ4n) is 2.41. The van der Waals surface area contributed by atoms with E-state index in [1.165, 1.54) is 0 Å². The van der Waals surface area contributed by atoms with E-state index in [2.05, 4.69) is 41.0 Å². The van der Waals surface area contributed by atoms with Gasteiger partial charge in [0.25, 0.3) is 0 Å². The molecule has 0 unspecified atom stereocenters. The molecule has 4 aromatic heterocycles. The molecule has 0 bridgehead atoms. The van der Waals surface area contributed by atoms with E-state index in [0.717, 1.165) is 21.2 Å². The summed E-state index contributed by atoms with van der Waals surface area (Å²) in [5.41, 5.74) is 1.66. The summed E-state index contributed by atoms with van der Waals surface area (Å²) in [4.78, 5) is 3.09. The third-order valence-corrected chi connectivity index (χ3v) is 6.49. The number of tetrazole rings is 2. The van der Waals surface area contributed by atoms with Crippen molar-refractivity contribution in [2.24, 2.45) is 14.1 Å². The van der Waals surface area contributed by atoms with Gasteiger partial charge in [-0.25, -0.2) is 0 Å². The van der Waals surface area contributed by atoms with Crippen LogP contribution in [-0.4, -0.2) is 60.0 Å². The van der Waals surface area contributed by atoms with E-state index < -0.39 is 0 Å². The maximum Gasteiger partial charge on any atom is 0.209 e. The lowest BCUT2D eigenvalue weighted by atomic mass is 10.3. The number of nitrogens with zero attached hydrogens (tertiary/aromatic N) is 12. The van der Waals surface area contributed by atoms with E-state index in [1.54, 1.807) is 52.9 Å². The fourth-order valence-corrected chi connectivity index (χ4v) is 5.00. The summed E-state index contributed by atoms with van der Waals surface area (Å²) < 4.78 is 3.59. The highest BCUT2D eigenvalue weighted by atomic mass is 33.1. The summed E-state index contributed by atoms with van der Waals surface area (Å²) in [6.45, 7) is 5.25. The molecule has 0 aliphatic carbocycles. The van der Waals surface area contributed by atoms with Crippen LogP contribution in [0.5, 0.6) is 0 Å². The second-order valence-electron chi connectivity index (χ2n) is 5.74. The Kier molecular flexibility index (Phi) is 5.13. The van der Waals surface area contributed by atoms with Crippen LogP contribution in [0.4, 0.5) is 0 Å². The molecule has 12 nitrogen and oxygen atoms in total. The molecular formula is C14H18N12S2. The molecule has 0 saturated heterocycles. The average molecular weight is 419 g/mol. The van der Waals surface area contributed by atoms with Gasteiger partial charge < -0.3 is 0 Å². The molecule has 0 aliphatic heterocycles. The summed E-state index contributed by atoms with van der Waals surface area (Å²) in [6, 6.07) is 0. The van der Waals surface area contributed by atoms with Crippen LogP contribution in [0.2, 0.25) is 0 Å². The molecule has 0 amide bonds. The van der Waals surface area contributed by atoms with Crippen LogP contribution in [-0.2, 0) is 27.2 Å². The highest BCUT2D eigenvalue weighted by Gasteiger charge is 2.20. The van der Waals surface area contributed by atoms with Gasteiger partial charge in [-0.15, -0.1) is 20.4 Å². The highest BCUT2D eigenvalue weighted by molar-refractivity contribution is 8.76. The molecular weight excluding hydrogens is 400 g/mol. The largest absolute Gasteiger partial charge is 0.260 e. The van der Waals surface area contributed by atoms with Gasteiger partial charge in [-0.1, -0.05) is 0 Å². The van der Waals surface area contributed by atoms with Crippen LogP contribution in [0.1, 0.15) is 13.8 Å². The first-order valence-electron chi connectivity index (χ1n) is 8.55. The Bertz CT molecular complexity index is 1000. The quantitative estimate of drug-likeness (QED) is 0.406. The zero-order chi connectivity index (χ0) is 19.7. The third kappa shape index (κ3) is 3.40. The number of hydrogen-bond donors (Lipinski definition) is 0. The Labute approximate surface area is 168 Å². The first-order chi connectivity index (χ1) is 13.6. The maximum absolute atomic E-state index is 4.38. The third-order valence-electron chi connectivity index (χ3n) is 3.92. The summed E-state index contributed by atoms with van der Waals surface area (Å²) in [5.74, 6) is 1.10. The minimum Gasteiger partial charge on any atom is -0.260 e. The summed E-state index contributed by atoms with van der Waals surface area (Å²) in [5, 5.41) is 35.6. The smallest absolute Gasteiger partial charge is 0.209 e. The average Bonchev–Trinajstić information content (AvgIpc) is 3.46. The lowest BCUT2D eigenvalue weighted by molar-refractivity contribution is 0.552. The number of rotatable bonds is 7. The zero-order valence-corrected chi connectivity index (χ0v) is 17.4. The first-order valence-corrected chi connectivity index (χ1v) is 10.7. The van der Waals surface area contributed by atoms with Crippen molar-refractivity contribution in [2.75, 3.05) is 0 Å². The van der Waals surface area contributed by atoms with Gasteiger partial charge >= 0.3 is 0 Å². The molecule has 0 fully saturated rings. The van der Waals surface area contributed by atoms with Crippen LogP contribution >= 0.6 is 21.6 Å². The Morgan fingerprint density at radius 1 is 0.750 bits per heavy atom. The molecule has 0 aromatic carbocycles. The molecule has 0 atom stereocenters. The van der Waals surface area contributed by atoms with E-state index in [-0.39, 0.29) is 0 Å². The van der Waals surface area contributed by atoms with Gasteiger partial charge in [-0.2, -0.15) is 19.8 Å². The Balaban J connectivity index is 1.61. The molecule has 4 aromatic rings. The minimum absolute atomic E-state index is 0.552. The summed E-state index contributed by atoms with van der Waals surface area (Å²) >= 11 is 0. The topological polar surface area (TPSA) is 123 Å². The van der Waals surface area contributed by atoms with E-state index in [4.69, 9.17) is 0 Å². The van der Waals surface area contributed by atoms with Gasteiger partial charge in [0.15, 0.2) is 0 Å². The molecule has 4 rings (SSSR count). The molecule has 0 saturated carbocycles. The lowest BCUT2D eigenvalue weighted by Crippen LogP contribution is -1.98. The van der Waals surface area contributed by atoms with Crippen molar-refractivity contribution in [3.8, 4) is 22.8 Å². The zero-order valence-electron chi connectivity index (χ0n) is 15.8. The second kappa shape index (κ2) is 7.71. The molecule has 4 heterocycles. The van der Waals surface area contributed by atoms with Gasteiger partial charge in [0, 0.05) is 14.1 Å². The van der Waals surface area contributed by atoms with Crippen LogP contribution in [0.3, 0.4) is 0 Å². The summed E-state index contributed by atoms with van der Waals surface area (Å²) in [7, 11) is 6.85. The molecule has 0 radical (unpaired) electrons. The highest BCUT2D eigenvalue weighted by Crippen LogP contribution is 2.43.